The van der Waals surface area contributed by atoms with Gasteiger partial charge in [0.1, 0.15) is 12.1 Å². The van der Waals surface area contributed by atoms with Crippen LogP contribution in [-0.2, 0) is 6.54 Å². The van der Waals surface area contributed by atoms with Gasteiger partial charge in [-0.15, -0.1) is 0 Å². The van der Waals surface area contributed by atoms with Gasteiger partial charge in [0.2, 0.25) is 0 Å². The summed E-state index contributed by atoms with van der Waals surface area (Å²) >= 11 is 3.44. The van der Waals surface area contributed by atoms with Gasteiger partial charge in [-0.25, -0.2) is 14.4 Å². The second kappa shape index (κ2) is 6.27. The Bertz CT molecular complexity index is 826. The van der Waals surface area contributed by atoms with E-state index in [0.29, 0.717) is 12.4 Å². The number of anilines is 1. The quantitative estimate of drug-likeness (QED) is 0.758. The molecule has 22 heavy (non-hydrogen) atoms. The molecule has 6 heteroatoms. The minimum Gasteiger partial charge on any atom is -0.494 e. The van der Waals surface area contributed by atoms with E-state index in [-0.39, 0.29) is 11.6 Å². The number of nitrogens with zero attached hydrogens (tertiary/aromatic N) is 2. The number of aromatic nitrogens is 2. The van der Waals surface area contributed by atoms with E-state index in [1.165, 1.54) is 19.5 Å². The van der Waals surface area contributed by atoms with Crippen molar-refractivity contribution in [3.05, 3.63) is 58.6 Å². The third kappa shape index (κ3) is 3.01. The molecule has 0 saturated carbocycles. The molecule has 0 saturated heterocycles. The normalized spacial score (nSPS) is 10.7. The highest BCUT2D eigenvalue weighted by Crippen LogP contribution is 2.24. The maximum atomic E-state index is 13.7. The lowest BCUT2D eigenvalue weighted by atomic mass is 10.2. The van der Waals surface area contributed by atoms with Crippen LogP contribution >= 0.6 is 15.9 Å². The second-order valence-electron chi connectivity index (χ2n) is 4.71. The van der Waals surface area contributed by atoms with E-state index in [1.54, 1.807) is 6.07 Å². The van der Waals surface area contributed by atoms with E-state index in [2.05, 4.69) is 31.2 Å². The topological polar surface area (TPSA) is 47.0 Å². The van der Waals surface area contributed by atoms with Gasteiger partial charge in [-0.3, -0.25) is 0 Å². The molecule has 1 N–H and O–H groups in total. The van der Waals surface area contributed by atoms with Crippen LogP contribution in [0.4, 0.5) is 10.2 Å². The smallest absolute Gasteiger partial charge is 0.165 e. The van der Waals surface area contributed by atoms with Crippen molar-refractivity contribution in [2.24, 2.45) is 0 Å². The van der Waals surface area contributed by atoms with Gasteiger partial charge in [-0.05, 0) is 35.9 Å². The minimum atomic E-state index is -0.378. The SMILES string of the molecule is COc1ccc(CNc2ncnc3ccc(Br)cc23)cc1F. The molecule has 2 aromatic carbocycles. The lowest BCUT2D eigenvalue weighted by Crippen LogP contribution is -2.03. The Morgan fingerprint density at radius 2 is 2.05 bits per heavy atom. The summed E-state index contributed by atoms with van der Waals surface area (Å²) < 4.78 is 19.6. The van der Waals surface area contributed by atoms with Gasteiger partial charge in [0.15, 0.2) is 11.6 Å². The highest BCUT2D eigenvalue weighted by Gasteiger charge is 2.06. The van der Waals surface area contributed by atoms with Crippen molar-refractivity contribution >= 4 is 32.7 Å². The first-order valence-corrected chi connectivity index (χ1v) is 7.43. The average molecular weight is 362 g/mol. The lowest BCUT2D eigenvalue weighted by molar-refractivity contribution is 0.386. The van der Waals surface area contributed by atoms with Crippen LogP contribution in [0.2, 0.25) is 0 Å². The first-order valence-electron chi connectivity index (χ1n) is 6.64. The van der Waals surface area contributed by atoms with Gasteiger partial charge in [0, 0.05) is 16.4 Å². The first-order chi connectivity index (χ1) is 10.7. The number of rotatable bonds is 4. The van der Waals surface area contributed by atoms with Crippen molar-refractivity contribution < 1.29 is 9.13 Å². The van der Waals surface area contributed by atoms with Crippen LogP contribution in [0.25, 0.3) is 10.9 Å². The molecule has 0 radical (unpaired) electrons. The molecule has 0 bridgehead atoms. The average Bonchev–Trinajstić information content (AvgIpc) is 2.53. The Kier molecular flexibility index (Phi) is 4.20. The zero-order chi connectivity index (χ0) is 15.5. The molecular weight excluding hydrogens is 349 g/mol. The van der Waals surface area contributed by atoms with Crippen LogP contribution in [0, 0.1) is 5.82 Å². The number of benzene rings is 2. The highest BCUT2D eigenvalue weighted by molar-refractivity contribution is 9.10. The number of fused-ring (bicyclic) bond motifs is 1. The maximum absolute atomic E-state index is 13.7. The lowest BCUT2D eigenvalue weighted by Gasteiger charge is -2.09. The molecule has 0 aliphatic heterocycles. The van der Waals surface area contributed by atoms with Crippen molar-refractivity contribution in [3.8, 4) is 5.75 Å². The summed E-state index contributed by atoms with van der Waals surface area (Å²) in [5.74, 6) is 0.569. The van der Waals surface area contributed by atoms with Crippen molar-refractivity contribution in [2.75, 3.05) is 12.4 Å². The molecule has 3 rings (SSSR count). The molecule has 0 aliphatic rings. The highest BCUT2D eigenvalue weighted by atomic mass is 79.9. The van der Waals surface area contributed by atoms with Crippen molar-refractivity contribution in [2.45, 2.75) is 6.54 Å². The Morgan fingerprint density at radius 3 is 2.82 bits per heavy atom. The fourth-order valence-electron chi connectivity index (χ4n) is 2.18. The molecule has 112 valence electrons. The predicted molar refractivity (Wildman–Crippen MR) is 87.5 cm³/mol. The van der Waals surface area contributed by atoms with E-state index in [0.717, 1.165) is 20.9 Å². The molecule has 0 aliphatic carbocycles. The fourth-order valence-corrected chi connectivity index (χ4v) is 2.54. The van der Waals surface area contributed by atoms with Crippen LogP contribution in [0.1, 0.15) is 5.56 Å². The van der Waals surface area contributed by atoms with Crippen molar-refractivity contribution in [3.63, 3.8) is 0 Å². The Labute approximate surface area is 135 Å². The van der Waals surface area contributed by atoms with Gasteiger partial charge in [-0.1, -0.05) is 22.0 Å². The molecule has 3 aromatic rings. The molecule has 1 heterocycles. The summed E-state index contributed by atoms with van der Waals surface area (Å²) in [6, 6.07) is 10.7. The van der Waals surface area contributed by atoms with Gasteiger partial charge in [0.25, 0.3) is 0 Å². The number of nitrogens with one attached hydrogen (secondary N) is 1. The van der Waals surface area contributed by atoms with Gasteiger partial charge in [0.05, 0.1) is 12.6 Å². The predicted octanol–water partition coefficient (Wildman–Crippen LogP) is 4.15. The minimum absolute atomic E-state index is 0.236. The number of methoxy groups -OCH3 is 1. The van der Waals surface area contributed by atoms with E-state index >= 15 is 0 Å². The Morgan fingerprint density at radius 1 is 1.18 bits per heavy atom. The van der Waals surface area contributed by atoms with Gasteiger partial charge >= 0.3 is 0 Å². The fraction of sp³-hybridized carbons (Fsp3) is 0.125. The first kappa shape index (κ1) is 14.7. The van der Waals surface area contributed by atoms with Crippen molar-refractivity contribution in [1.29, 1.82) is 0 Å². The molecule has 0 unspecified atom stereocenters. The third-order valence-electron chi connectivity index (χ3n) is 3.27. The molecular formula is C16H13BrFN3O. The van der Waals surface area contributed by atoms with Crippen LogP contribution in [0.5, 0.6) is 5.75 Å². The summed E-state index contributed by atoms with van der Waals surface area (Å²) in [7, 11) is 1.45. The second-order valence-corrected chi connectivity index (χ2v) is 5.62. The van der Waals surface area contributed by atoms with E-state index in [4.69, 9.17) is 4.74 Å². The maximum Gasteiger partial charge on any atom is 0.165 e. The van der Waals surface area contributed by atoms with Crippen LogP contribution in [-0.4, -0.2) is 17.1 Å². The monoisotopic (exact) mass is 361 g/mol. The molecule has 0 atom stereocenters. The number of halogens is 2. The Hall–Kier alpha value is -2.21. The van der Waals surface area contributed by atoms with E-state index in [9.17, 15) is 4.39 Å². The summed E-state index contributed by atoms with van der Waals surface area (Å²) in [5, 5.41) is 4.12. The number of ether oxygens (including phenoxy) is 1. The third-order valence-corrected chi connectivity index (χ3v) is 3.77. The zero-order valence-corrected chi connectivity index (χ0v) is 13.4. The Balaban J connectivity index is 1.85. The summed E-state index contributed by atoms with van der Waals surface area (Å²) in [4.78, 5) is 8.48. The van der Waals surface area contributed by atoms with Gasteiger partial charge < -0.3 is 10.1 Å². The summed E-state index contributed by atoms with van der Waals surface area (Å²) in [6.45, 7) is 0.458. The largest absolute Gasteiger partial charge is 0.494 e. The molecule has 0 amide bonds. The summed E-state index contributed by atoms with van der Waals surface area (Å²) in [6.07, 6.45) is 1.51. The molecule has 0 fully saturated rings. The zero-order valence-electron chi connectivity index (χ0n) is 11.8. The van der Waals surface area contributed by atoms with Crippen LogP contribution in [0.15, 0.2) is 47.2 Å². The molecule has 1 aromatic heterocycles. The number of hydrogen-bond donors (Lipinski definition) is 1. The van der Waals surface area contributed by atoms with Crippen LogP contribution in [0.3, 0.4) is 0 Å². The van der Waals surface area contributed by atoms with E-state index < -0.39 is 0 Å². The standard InChI is InChI=1S/C16H13BrFN3O/c1-22-15-5-2-10(6-13(15)18)8-19-16-12-7-11(17)3-4-14(12)20-9-21-16/h2-7,9H,8H2,1H3,(H,19,20,21). The molecule has 0 spiro atoms. The van der Waals surface area contributed by atoms with Crippen LogP contribution < -0.4 is 10.1 Å². The number of hydrogen-bond acceptors (Lipinski definition) is 4. The van der Waals surface area contributed by atoms with E-state index in [1.807, 2.05) is 24.3 Å². The molecule has 4 nitrogen and oxygen atoms in total. The summed E-state index contributed by atoms with van der Waals surface area (Å²) in [5.41, 5.74) is 1.65. The van der Waals surface area contributed by atoms with Crippen molar-refractivity contribution in [1.82, 2.24) is 9.97 Å². The van der Waals surface area contributed by atoms with Gasteiger partial charge in [-0.2, -0.15) is 0 Å².